The SMILES string of the molecule is CC(C)COc1ccc(-c2ccc(C#N)s2)cc1[N+](=O)[O-]. The van der Waals surface area contributed by atoms with Gasteiger partial charge in [0.2, 0.25) is 0 Å². The van der Waals surface area contributed by atoms with Crippen LogP contribution in [0.25, 0.3) is 10.4 Å². The van der Waals surface area contributed by atoms with Gasteiger partial charge in [-0.1, -0.05) is 13.8 Å². The molecule has 2 aromatic rings. The third-order valence-corrected chi connectivity index (χ3v) is 3.77. The number of nitro groups is 1. The van der Waals surface area contributed by atoms with Gasteiger partial charge in [0, 0.05) is 10.9 Å². The van der Waals surface area contributed by atoms with E-state index in [2.05, 4.69) is 6.07 Å². The van der Waals surface area contributed by atoms with Crippen LogP contribution in [0.1, 0.15) is 18.7 Å². The Bertz CT molecular complexity index is 701. The lowest BCUT2D eigenvalue weighted by molar-refractivity contribution is -0.385. The Morgan fingerprint density at radius 2 is 2.14 bits per heavy atom. The fraction of sp³-hybridized carbons (Fsp3) is 0.267. The molecule has 0 radical (unpaired) electrons. The van der Waals surface area contributed by atoms with E-state index in [-0.39, 0.29) is 11.4 Å². The molecule has 0 fully saturated rings. The highest BCUT2D eigenvalue weighted by Crippen LogP contribution is 2.35. The van der Waals surface area contributed by atoms with Crippen LogP contribution in [-0.4, -0.2) is 11.5 Å². The Morgan fingerprint density at radius 1 is 1.38 bits per heavy atom. The molecule has 0 bridgehead atoms. The molecule has 0 saturated carbocycles. The number of nitro benzene ring substituents is 1. The van der Waals surface area contributed by atoms with Crippen molar-refractivity contribution in [2.75, 3.05) is 6.61 Å². The van der Waals surface area contributed by atoms with Crippen LogP contribution in [0, 0.1) is 27.4 Å². The molecule has 0 N–H and O–H groups in total. The van der Waals surface area contributed by atoms with Crippen LogP contribution < -0.4 is 4.74 Å². The third-order valence-electron chi connectivity index (χ3n) is 2.73. The summed E-state index contributed by atoms with van der Waals surface area (Å²) in [5.74, 6) is 0.564. The molecule has 1 aromatic heterocycles. The zero-order valence-electron chi connectivity index (χ0n) is 11.7. The van der Waals surface area contributed by atoms with Gasteiger partial charge in [-0.2, -0.15) is 5.26 Å². The smallest absolute Gasteiger partial charge is 0.311 e. The maximum absolute atomic E-state index is 11.2. The fourth-order valence-corrected chi connectivity index (χ4v) is 2.54. The molecule has 0 spiro atoms. The molecule has 0 aliphatic carbocycles. The van der Waals surface area contributed by atoms with Crippen molar-refractivity contribution < 1.29 is 9.66 Å². The quantitative estimate of drug-likeness (QED) is 0.611. The second-order valence-electron chi connectivity index (χ2n) is 4.92. The molecule has 0 saturated heterocycles. The van der Waals surface area contributed by atoms with E-state index < -0.39 is 4.92 Å². The van der Waals surface area contributed by atoms with Gasteiger partial charge < -0.3 is 4.74 Å². The number of hydrogen-bond acceptors (Lipinski definition) is 5. The molecule has 0 aliphatic heterocycles. The first-order valence-corrected chi connectivity index (χ1v) is 7.24. The first-order valence-electron chi connectivity index (χ1n) is 6.43. The van der Waals surface area contributed by atoms with Crippen LogP contribution in [0.5, 0.6) is 5.75 Å². The lowest BCUT2D eigenvalue weighted by Gasteiger charge is -2.09. The highest BCUT2D eigenvalue weighted by atomic mass is 32.1. The van der Waals surface area contributed by atoms with Crippen molar-refractivity contribution in [1.82, 2.24) is 0 Å². The van der Waals surface area contributed by atoms with E-state index in [0.717, 1.165) is 4.88 Å². The van der Waals surface area contributed by atoms with E-state index in [0.29, 0.717) is 23.0 Å². The standard InChI is InChI=1S/C15H14N2O3S/c1-10(2)9-20-14-5-3-11(7-13(14)17(18)19)15-6-4-12(8-16)21-15/h3-7,10H,9H2,1-2H3. The molecule has 0 atom stereocenters. The van der Waals surface area contributed by atoms with E-state index in [1.165, 1.54) is 17.4 Å². The molecule has 5 nitrogen and oxygen atoms in total. The number of hydrogen-bond donors (Lipinski definition) is 0. The largest absolute Gasteiger partial charge is 0.487 e. The van der Waals surface area contributed by atoms with Gasteiger partial charge >= 0.3 is 5.69 Å². The van der Waals surface area contributed by atoms with E-state index in [1.54, 1.807) is 24.3 Å². The number of benzene rings is 1. The van der Waals surface area contributed by atoms with Gasteiger partial charge in [-0.05, 0) is 35.7 Å². The molecular formula is C15H14N2O3S. The second kappa shape index (κ2) is 6.37. The predicted octanol–water partition coefficient (Wildman–Crippen LogP) is 4.23. The monoisotopic (exact) mass is 302 g/mol. The van der Waals surface area contributed by atoms with Crippen molar-refractivity contribution in [3.63, 3.8) is 0 Å². The summed E-state index contributed by atoms with van der Waals surface area (Å²) in [4.78, 5) is 12.1. The van der Waals surface area contributed by atoms with E-state index in [9.17, 15) is 10.1 Å². The molecule has 21 heavy (non-hydrogen) atoms. The Kier molecular flexibility index (Phi) is 4.55. The molecule has 6 heteroatoms. The summed E-state index contributed by atoms with van der Waals surface area (Å²) in [7, 11) is 0. The summed E-state index contributed by atoms with van der Waals surface area (Å²) >= 11 is 1.31. The molecule has 0 amide bonds. The van der Waals surface area contributed by atoms with E-state index in [4.69, 9.17) is 10.00 Å². The highest BCUT2D eigenvalue weighted by molar-refractivity contribution is 7.16. The second-order valence-corrected chi connectivity index (χ2v) is 6.00. The van der Waals surface area contributed by atoms with Crippen LogP contribution in [-0.2, 0) is 0 Å². The topological polar surface area (TPSA) is 76.2 Å². The summed E-state index contributed by atoms with van der Waals surface area (Å²) in [5.41, 5.74) is 0.658. The first kappa shape index (κ1) is 15.0. The Labute approximate surface area is 126 Å². The van der Waals surface area contributed by atoms with Gasteiger partial charge in [-0.25, -0.2) is 0 Å². The van der Waals surface area contributed by atoms with Crippen LogP contribution in [0.3, 0.4) is 0 Å². The fourth-order valence-electron chi connectivity index (χ4n) is 1.74. The number of ether oxygens (including phenoxy) is 1. The van der Waals surface area contributed by atoms with Crippen LogP contribution >= 0.6 is 11.3 Å². The summed E-state index contributed by atoms with van der Waals surface area (Å²) < 4.78 is 5.49. The van der Waals surface area contributed by atoms with Gasteiger partial charge in [0.1, 0.15) is 10.9 Å². The first-order chi connectivity index (χ1) is 10.0. The normalized spacial score (nSPS) is 10.4. The minimum absolute atomic E-state index is 0.0555. The maximum Gasteiger partial charge on any atom is 0.311 e. The summed E-state index contributed by atoms with van der Waals surface area (Å²) in [5, 5.41) is 20.0. The Balaban J connectivity index is 2.36. The molecule has 0 unspecified atom stereocenters. The van der Waals surface area contributed by atoms with Gasteiger partial charge in [-0.15, -0.1) is 11.3 Å². The van der Waals surface area contributed by atoms with Gasteiger partial charge in [0.15, 0.2) is 5.75 Å². The minimum Gasteiger partial charge on any atom is -0.487 e. The molecule has 0 aliphatic rings. The lowest BCUT2D eigenvalue weighted by Crippen LogP contribution is -2.06. The van der Waals surface area contributed by atoms with Gasteiger partial charge in [-0.3, -0.25) is 10.1 Å². The zero-order chi connectivity index (χ0) is 15.4. The lowest BCUT2D eigenvalue weighted by atomic mass is 10.1. The average molecular weight is 302 g/mol. The van der Waals surface area contributed by atoms with Crippen molar-refractivity contribution in [3.05, 3.63) is 45.3 Å². The van der Waals surface area contributed by atoms with Gasteiger partial charge in [0.25, 0.3) is 0 Å². The minimum atomic E-state index is -0.446. The third kappa shape index (κ3) is 3.58. The maximum atomic E-state index is 11.2. The number of rotatable bonds is 5. The van der Waals surface area contributed by atoms with E-state index in [1.807, 2.05) is 13.8 Å². The molecular weight excluding hydrogens is 288 g/mol. The van der Waals surface area contributed by atoms with Crippen molar-refractivity contribution in [2.24, 2.45) is 5.92 Å². The van der Waals surface area contributed by atoms with Crippen LogP contribution in [0.15, 0.2) is 30.3 Å². The van der Waals surface area contributed by atoms with Gasteiger partial charge in [0.05, 0.1) is 11.5 Å². The van der Waals surface area contributed by atoms with Crippen molar-refractivity contribution >= 4 is 17.0 Å². The Hall–Kier alpha value is -2.39. The molecule has 2 rings (SSSR count). The van der Waals surface area contributed by atoms with Crippen LogP contribution in [0.2, 0.25) is 0 Å². The Morgan fingerprint density at radius 3 is 2.71 bits per heavy atom. The van der Waals surface area contributed by atoms with Crippen molar-refractivity contribution in [1.29, 1.82) is 5.26 Å². The summed E-state index contributed by atoms with van der Waals surface area (Å²) in [6, 6.07) is 10.4. The number of thiophene rings is 1. The van der Waals surface area contributed by atoms with Crippen molar-refractivity contribution in [3.8, 4) is 22.3 Å². The van der Waals surface area contributed by atoms with Crippen LogP contribution in [0.4, 0.5) is 5.69 Å². The number of nitriles is 1. The number of nitrogens with zero attached hydrogens (tertiary/aromatic N) is 2. The molecule has 1 heterocycles. The van der Waals surface area contributed by atoms with Crippen molar-refractivity contribution in [2.45, 2.75) is 13.8 Å². The summed E-state index contributed by atoms with van der Waals surface area (Å²) in [6.07, 6.45) is 0. The zero-order valence-corrected chi connectivity index (χ0v) is 12.5. The molecule has 1 aromatic carbocycles. The predicted molar refractivity (Wildman–Crippen MR) is 81.5 cm³/mol. The van der Waals surface area contributed by atoms with E-state index >= 15 is 0 Å². The summed E-state index contributed by atoms with van der Waals surface area (Å²) in [6.45, 7) is 4.39. The highest BCUT2D eigenvalue weighted by Gasteiger charge is 2.17. The molecule has 108 valence electrons. The average Bonchev–Trinajstić information content (AvgIpc) is 2.93.